The minimum Gasteiger partial charge on any atom is -0.317 e. The quantitative estimate of drug-likeness (QED) is 0.815. The molecule has 0 fully saturated rings. The van der Waals surface area contributed by atoms with E-state index in [4.69, 9.17) is 12.2 Å². The molecule has 1 aromatic heterocycles. The summed E-state index contributed by atoms with van der Waals surface area (Å²) in [6, 6.07) is 11.5. The van der Waals surface area contributed by atoms with Crippen LogP contribution in [-0.2, 0) is 13.1 Å². The highest BCUT2D eigenvalue weighted by atomic mass is 32.1. The Labute approximate surface area is 122 Å². The molecule has 0 aliphatic rings. The molecule has 1 aromatic carbocycles. The Balaban J connectivity index is 2.98. The molecule has 0 N–H and O–H groups in total. The zero-order valence-corrected chi connectivity index (χ0v) is 12.3. The number of nitrogens with zero attached hydrogens (tertiary/aromatic N) is 3. The van der Waals surface area contributed by atoms with Gasteiger partial charge in [-0.25, -0.2) is 0 Å². The summed E-state index contributed by atoms with van der Waals surface area (Å²) in [6.07, 6.45) is 0. The van der Waals surface area contributed by atoms with Gasteiger partial charge >= 0.3 is 0 Å². The van der Waals surface area contributed by atoms with Gasteiger partial charge in [-0.2, -0.15) is 5.26 Å². The van der Waals surface area contributed by atoms with E-state index >= 15 is 0 Å². The van der Waals surface area contributed by atoms with Crippen LogP contribution in [0.3, 0.4) is 0 Å². The van der Waals surface area contributed by atoms with Gasteiger partial charge in [-0.3, -0.25) is 9.36 Å². The lowest BCUT2D eigenvalue weighted by Crippen LogP contribution is -2.28. The summed E-state index contributed by atoms with van der Waals surface area (Å²) >= 11 is 5.39. The van der Waals surface area contributed by atoms with Crippen LogP contribution in [0.1, 0.15) is 19.4 Å². The van der Waals surface area contributed by atoms with Crippen LogP contribution < -0.4 is 5.56 Å². The first-order valence-corrected chi connectivity index (χ1v) is 6.89. The molecule has 0 radical (unpaired) electrons. The first kappa shape index (κ1) is 14.2. The van der Waals surface area contributed by atoms with E-state index in [1.165, 1.54) is 4.57 Å². The molecule has 0 aliphatic heterocycles. The molecule has 5 heteroatoms. The highest BCUT2D eigenvalue weighted by molar-refractivity contribution is 7.71. The Morgan fingerprint density at radius 3 is 2.25 bits per heavy atom. The van der Waals surface area contributed by atoms with Gasteiger partial charge < -0.3 is 4.57 Å². The highest BCUT2D eigenvalue weighted by Gasteiger charge is 2.17. The number of hydrogen-bond donors (Lipinski definition) is 0. The smallest absolute Gasteiger partial charge is 0.272 e. The predicted molar refractivity (Wildman–Crippen MR) is 81.0 cm³/mol. The molecular formula is C15H15N3OS. The van der Waals surface area contributed by atoms with Gasteiger partial charge in [0.05, 0.1) is 5.69 Å². The van der Waals surface area contributed by atoms with Crippen LogP contribution in [-0.4, -0.2) is 9.13 Å². The summed E-state index contributed by atoms with van der Waals surface area (Å²) in [7, 11) is 0. The number of hydrogen-bond acceptors (Lipinski definition) is 3. The lowest BCUT2D eigenvalue weighted by Gasteiger charge is -2.16. The maximum atomic E-state index is 12.4. The van der Waals surface area contributed by atoms with Crippen molar-refractivity contribution in [2.75, 3.05) is 0 Å². The van der Waals surface area contributed by atoms with Crippen molar-refractivity contribution in [2.24, 2.45) is 0 Å². The van der Waals surface area contributed by atoms with Gasteiger partial charge in [0, 0.05) is 13.1 Å². The summed E-state index contributed by atoms with van der Waals surface area (Å²) in [5.74, 6) is 0. The second kappa shape index (κ2) is 5.85. The monoisotopic (exact) mass is 285 g/mol. The molecule has 2 rings (SSSR count). The van der Waals surface area contributed by atoms with Crippen LogP contribution in [0.15, 0.2) is 35.1 Å². The zero-order valence-electron chi connectivity index (χ0n) is 11.5. The van der Waals surface area contributed by atoms with Crippen molar-refractivity contribution < 1.29 is 0 Å². The third-order valence-corrected chi connectivity index (χ3v) is 3.66. The average Bonchev–Trinajstić information content (AvgIpc) is 2.48. The van der Waals surface area contributed by atoms with Gasteiger partial charge in [-0.05, 0) is 31.6 Å². The summed E-state index contributed by atoms with van der Waals surface area (Å²) < 4.78 is 3.76. The summed E-state index contributed by atoms with van der Waals surface area (Å²) in [5, 5.41) is 9.38. The lowest BCUT2D eigenvalue weighted by molar-refractivity contribution is 0.614. The van der Waals surface area contributed by atoms with E-state index < -0.39 is 0 Å². The molecule has 0 bridgehead atoms. The van der Waals surface area contributed by atoms with Crippen molar-refractivity contribution in [1.82, 2.24) is 9.13 Å². The predicted octanol–water partition coefficient (Wildman–Crippen LogP) is 2.96. The van der Waals surface area contributed by atoms with E-state index in [-0.39, 0.29) is 11.1 Å². The lowest BCUT2D eigenvalue weighted by atomic mass is 10.1. The molecule has 0 amide bonds. The van der Waals surface area contributed by atoms with E-state index in [0.29, 0.717) is 23.6 Å². The molecule has 4 nitrogen and oxygen atoms in total. The number of aromatic nitrogens is 2. The van der Waals surface area contributed by atoms with Gasteiger partial charge in [0.25, 0.3) is 5.56 Å². The molecule has 0 unspecified atom stereocenters. The fourth-order valence-electron chi connectivity index (χ4n) is 2.27. The fourth-order valence-corrected chi connectivity index (χ4v) is 2.70. The first-order chi connectivity index (χ1) is 9.65. The largest absolute Gasteiger partial charge is 0.317 e. The molecule has 1 heterocycles. The first-order valence-electron chi connectivity index (χ1n) is 6.48. The minimum absolute atomic E-state index is 0.147. The van der Waals surface area contributed by atoms with Crippen molar-refractivity contribution in [3.8, 4) is 17.3 Å². The Kier molecular flexibility index (Phi) is 4.16. The molecular weight excluding hydrogens is 270 g/mol. The van der Waals surface area contributed by atoms with Crippen LogP contribution in [0.2, 0.25) is 0 Å². The van der Waals surface area contributed by atoms with E-state index in [2.05, 4.69) is 0 Å². The molecule has 0 saturated heterocycles. The van der Waals surface area contributed by atoms with Crippen LogP contribution >= 0.6 is 12.2 Å². The van der Waals surface area contributed by atoms with Crippen molar-refractivity contribution in [3.05, 3.63) is 51.0 Å². The van der Waals surface area contributed by atoms with E-state index in [0.717, 1.165) is 5.56 Å². The molecule has 0 spiro atoms. The minimum atomic E-state index is -0.316. The highest BCUT2D eigenvalue weighted by Crippen LogP contribution is 2.21. The number of nitriles is 1. The Morgan fingerprint density at radius 2 is 1.75 bits per heavy atom. The maximum absolute atomic E-state index is 12.4. The van der Waals surface area contributed by atoms with E-state index in [1.54, 1.807) is 0 Å². The Hall–Kier alpha value is -2.19. The Morgan fingerprint density at radius 1 is 1.15 bits per heavy atom. The van der Waals surface area contributed by atoms with Gasteiger partial charge in [-0.1, -0.05) is 30.3 Å². The molecule has 20 heavy (non-hydrogen) atoms. The van der Waals surface area contributed by atoms with Gasteiger partial charge in [0.2, 0.25) is 0 Å². The van der Waals surface area contributed by atoms with Crippen LogP contribution in [0.4, 0.5) is 0 Å². The maximum Gasteiger partial charge on any atom is 0.272 e. The zero-order chi connectivity index (χ0) is 14.7. The van der Waals surface area contributed by atoms with Crippen LogP contribution in [0.5, 0.6) is 0 Å². The fraction of sp³-hybridized carbons (Fsp3) is 0.267. The average molecular weight is 285 g/mol. The number of benzene rings is 1. The van der Waals surface area contributed by atoms with Crippen LogP contribution in [0.25, 0.3) is 11.3 Å². The normalized spacial score (nSPS) is 10.2. The second-order valence-corrected chi connectivity index (χ2v) is 4.64. The van der Waals surface area contributed by atoms with Crippen molar-refractivity contribution in [2.45, 2.75) is 26.9 Å². The van der Waals surface area contributed by atoms with Crippen LogP contribution in [0, 0.1) is 16.1 Å². The third kappa shape index (κ3) is 2.19. The molecule has 2 aromatic rings. The topological polar surface area (TPSA) is 50.7 Å². The van der Waals surface area contributed by atoms with E-state index in [1.807, 2.05) is 54.8 Å². The Bertz CT molecular complexity index is 782. The SMILES string of the molecule is CCn1c(-c2ccccc2)c(C#N)c(=O)n(CC)c1=S. The van der Waals surface area contributed by atoms with Crippen molar-refractivity contribution in [3.63, 3.8) is 0 Å². The van der Waals surface area contributed by atoms with E-state index in [9.17, 15) is 10.1 Å². The molecule has 102 valence electrons. The third-order valence-electron chi connectivity index (χ3n) is 3.22. The van der Waals surface area contributed by atoms with Crippen molar-refractivity contribution >= 4 is 12.2 Å². The summed E-state index contributed by atoms with van der Waals surface area (Å²) in [6.45, 7) is 4.87. The van der Waals surface area contributed by atoms with Crippen molar-refractivity contribution in [1.29, 1.82) is 5.26 Å². The molecule has 0 aliphatic carbocycles. The number of rotatable bonds is 3. The summed E-state index contributed by atoms with van der Waals surface area (Å²) in [4.78, 5) is 12.4. The standard InChI is InChI=1S/C15H15N3OS/c1-3-17-13(11-8-6-5-7-9-11)12(10-16)14(19)18(4-2)15(17)20/h5-9H,3-4H2,1-2H3. The summed E-state index contributed by atoms with van der Waals surface area (Å²) in [5.41, 5.74) is 1.27. The molecule has 0 saturated carbocycles. The van der Waals surface area contributed by atoms with Gasteiger partial charge in [0.1, 0.15) is 11.6 Å². The van der Waals surface area contributed by atoms with Gasteiger partial charge in [0.15, 0.2) is 4.77 Å². The second-order valence-electron chi connectivity index (χ2n) is 4.28. The molecule has 0 atom stereocenters. The van der Waals surface area contributed by atoms with Gasteiger partial charge in [-0.15, -0.1) is 0 Å².